The Morgan fingerprint density at radius 1 is 1.53 bits per heavy atom. The van der Waals surface area contributed by atoms with Crippen LogP contribution in [0.4, 0.5) is 0 Å². The van der Waals surface area contributed by atoms with E-state index in [0.717, 1.165) is 17.1 Å². The zero-order valence-electron chi connectivity index (χ0n) is 8.26. The van der Waals surface area contributed by atoms with Gasteiger partial charge in [0.15, 0.2) is 0 Å². The number of nitrogens with zero attached hydrogens (tertiary/aromatic N) is 2. The Bertz CT molecular complexity index is 488. The first kappa shape index (κ1) is 9.09. The maximum absolute atomic E-state index is 9.66. The molecule has 15 heavy (non-hydrogen) atoms. The van der Waals surface area contributed by atoms with Gasteiger partial charge in [-0.3, -0.25) is 0 Å². The van der Waals surface area contributed by atoms with Crippen LogP contribution in [0.15, 0.2) is 24.5 Å². The molecule has 0 spiro atoms. The molecule has 1 saturated heterocycles. The van der Waals surface area contributed by atoms with E-state index < -0.39 is 0 Å². The van der Waals surface area contributed by atoms with Gasteiger partial charge in [-0.2, -0.15) is 11.8 Å². The summed E-state index contributed by atoms with van der Waals surface area (Å²) in [4.78, 5) is 4.43. The number of fused-ring (bicyclic) bond motifs is 1. The van der Waals surface area contributed by atoms with Crippen molar-refractivity contribution in [1.82, 2.24) is 9.38 Å². The fourth-order valence-electron chi connectivity index (χ4n) is 2.07. The Morgan fingerprint density at radius 3 is 3.27 bits per heavy atom. The van der Waals surface area contributed by atoms with Crippen molar-refractivity contribution >= 4 is 17.3 Å². The van der Waals surface area contributed by atoms with E-state index in [9.17, 15) is 5.11 Å². The predicted molar refractivity (Wildman–Crippen MR) is 61.5 cm³/mol. The smallest absolute Gasteiger partial charge is 0.141 e. The largest absolute Gasteiger partial charge is 0.506 e. The summed E-state index contributed by atoms with van der Waals surface area (Å²) < 4.78 is 2.01. The summed E-state index contributed by atoms with van der Waals surface area (Å²) in [7, 11) is 0. The van der Waals surface area contributed by atoms with Gasteiger partial charge in [-0.1, -0.05) is 0 Å². The summed E-state index contributed by atoms with van der Waals surface area (Å²) in [6.07, 6.45) is 4.92. The molecule has 3 nitrogen and oxygen atoms in total. The third-order valence-electron chi connectivity index (χ3n) is 2.87. The van der Waals surface area contributed by atoms with Crippen LogP contribution in [-0.4, -0.2) is 26.0 Å². The van der Waals surface area contributed by atoms with E-state index in [4.69, 9.17) is 0 Å². The van der Waals surface area contributed by atoms with E-state index in [1.54, 1.807) is 12.3 Å². The van der Waals surface area contributed by atoms with Crippen LogP contribution in [0.2, 0.25) is 0 Å². The molecule has 0 aromatic carbocycles. The van der Waals surface area contributed by atoms with Gasteiger partial charge in [0.2, 0.25) is 0 Å². The van der Waals surface area contributed by atoms with Gasteiger partial charge in [0.05, 0.1) is 6.20 Å². The fourth-order valence-corrected chi connectivity index (χ4v) is 3.29. The number of hydrogen-bond acceptors (Lipinski definition) is 3. The third-order valence-corrected chi connectivity index (χ3v) is 4.03. The van der Waals surface area contributed by atoms with Gasteiger partial charge < -0.3 is 9.51 Å². The molecular weight excluding hydrogens is 208 g/mol. The van der Waals surface area contributed by atoms with Crippen molar-refractivity contribution in [3.8, 4) is 5.75 Å². The molecule has 3 heterocycles. The molecule has 0 bridgehead atoms. The summed E-state index contributed by atoms with van der Waals surface area (Å²) in [5, 5.41) is 9.66. The minimum atomic E-state index is 0.307. The van der Waals surface area contributed by atoms with Crippen LogP contribution in [-0.2, 0) is 0 Å². The Morgan fingerprint density at radius 2 is 2.47 bits per heavy atom. The van der Waals surface area contributed by atoms with E-state index in [2.05, 4.69) is 4.98 Å². The summed E-state index contributed by atoms with van der Waals surface area (Å²) >= 11 is 1.98. The van der Waals surface area contributed by atoms with Crippen molar-refractivity contribution in [1.29, 1.82) is 0 Å². The highest BCUT2D eigenvalue weighted by molar-refractivity contribution is 7.99. The van der Waals surface area contributed by atoms with E-state index in [-0.39, 0.29) is 0 Å². The molecule has 1 aliphatic rings. The molecule has 1 atom stereocenters. The average Bonchev–Trinajstić information content (AvgIpc) is 2.85. The monoisotopic (exact) mass is 220 g/mol. The van der Waals surface area contributed by atoms with Crippen LogP contribution in [0.25, 0.3) is 5.52 Å². The molecule has 1 N–H and O–H groups in total. The molecule has 2 aromatic rings. The molecule has 0 aliphatic carbocycles. The molecule has 0 amide bonds. The summed E-state index contributed by atoms with van der Waals surface area (Å²) in [5.74, 6) is 4.31. The van der Waals surface area contributed by atoms with Crippen LogP contribution in [0.3, 0.4) is 0 Å². The van der Waals surface area contributed by atoms with Gasteiger partial charge in [0.25, 0.3) is 0 Å². The van der Waals surface area contributed by atoms with Crippen molar-refractivity contribution in [2.45, 2.75) is 12.3 Å². The Balaban J connectivity index is 2.15. The lowest BCUT2D eigenvalue weighted by Crippen LogP contribution is -2.02. The van der Waals surface area contributed by atoms with Crippen molar-refractivity contribution in [2.75, 3.05) is 11.5 Å². The Hall–Kier alpha value is -1.16. The Kier molecular flexibility index (Phi) is 2.09. The van der Waals surface area contributed by atoms with Gasteiger partial charge in [-0.25, -0.2) is 4.98 Å². The van der Waals surface area contributed by atoms with Gasteiger partial charge >= 0.3 is 0 Å². The number of aromatic hydroxyl groups is 1. The molecule has 78 valence electrons. The summed E-state index contributed by atoms with van der Waals surface area (Å²) in [6, 6.07) is 3.56. The van der Waals surface area contributed by atoms with E-state index in [0.29, 0.717) is 11.7 Å². The molecule has 4 heteroatoms. The van der Waals surface area contributed by atoms with Crippen LogP contribution in [0.1, 0.15) is 18.2 Å². The number of pyridine rings is 1. The number of hydrogen-bond donors (Lipinski definition) is 1. The highest BCUT2D eigenvalue weighted by atomic mass is 32.2. The summed E-state index contributed by atoms with van der Waals surface area (Å²) in [6.45, 7) is 0. The van der Waals surface area contributed by atoms with Gasteiger partial charge in [0, 0.05) is 17.9 Å². The van der Waals surface area contributed by atoms with Crippen molar-refractivity contribution in [3.05, 3.63) is 30.4 Å². The van der Waals surface area contributed by atoms with Crippen molar-refractivity contribution in [2.24, 2.45) is 0 Å². The van der Waals surface area contributed by atoms with E-state index >= 15 is 0 Å². The fraction of sp³-hybridized carbons (Fsp3) is 0.364. The first-order valence-electron chi connectivity index (χ1n) is 5.09. The Labute approximate surface area is 92.1 Å². The van der Waals surface area contributed by atoms with E-state index in [1.807, 2.05) is 28.4 Å². The maximum atomic E-state index is 9.66. The minimum Gasteiger partial charge on any atom is -0.506 e. The normalized spacial score (nSPS) is 21.2. The highest BCUT2D eigenvalue weighted by Gasteiger charge is 2.22. The number of aromatic nitrogens is 2. The van der Waals surface area contributed by atoms with Crippen LogP contribution in [0.5, 0.6) is 5.75 Å². The minimum absolute atomic E-state index is 0.307. The molecular formula is C11H12N2OS. The predicted octanol–water partition coefficient (Wildman–Crippen LogP) is 2.26. The van der Waals surface area contributed by atoms with Crippen molar-refractivity contribution in [3.63, 3.8) is 0 Å². The standard InChI is InChI=1S/C11H12N2OS/c14-10-2-1-4-13-9(10)6-12-11(13)8-3-5-15-7-8/h1-2,4,6,8,14H,3,5,7H2. The second-order valence-electron chi connectivity index (χ2n) is 3.83. The summed E-state index contributed by atoms with van der Waals surface area (Å²) in [5.41, 5.74) is 0.810. The lowest BCUT2D eigenvalue weighted by Gasteiger charge is -2.07. The lowest BCUT2D eigenvalue weighted by atomic mass is 10.1. The van der Waals surface area contributed by atoms with Crippen LogP contribution in [0, 0.1) is 0 Å². The van der Waals surface area contributed by atoms with Crippen LogP contribution < -0.4 is 0 Å². The molecule has 3 rings (SSSR count). The topological polar surface area (TPSA) is 37.5 Å². The van der Waals surface area contributed by atoms with Gasteiger partial charge in [-0.05, 0) is 24.3 Å². The highest BCUT2D eigenvalue weighted by Crippen LogP contribution is 2.32. The van der Waals surface area contributed by atoms with Crippen molar-refractivity contribution < 1.29 is 5.11 Å². The van der Waals surface area contributed by atoms with E-state index in [1.165, 1.54) is 12.2 Å². The second kappa shape index (κ2) is 3.45. The van der Waals surface area contributed by atoms with Gasteiger partial charge in [-0.15, -0.1) is 0 Å². The van der Waals surface area contributed by atoms with Crippen LogP contribution >= 0.6 is 11.8 Å². The quantitative estimate of drug-likeness (QED) is 0.801. The van der Waals surface area contributed by atoms with Gasteiger partial charge in [0.1, 0.15) is 17.1 Å². The first-order valence-corrected chi connectivity index (χ1v) is 6.24. The molecule has 2 aromatic heterocycles. The number of imidazole rings is 1. The number of thioether (sulfide) groups is 1. The lowest BCUT2D eigenvalue weighted by molar-refractivity contribution is 0.478. The SMILES string of the molecule is Oc1cccn2c(C3CCSC3)ncc12. The maximum Gasteiger partial charge on any atom is 0.141 e. The third kappa shape index (κ3) is 1.40. The number of rotatable bonds is 1. The molecule has 0 radical (unpaired) electrons. The molecule has 1 aliphatic heterocycles. The first-order chi connectivity index (χ1) is 7.36. The second-order valence-corrected chi connectivity index (χ2v) is 4.98. The molecule has 0 saturated carbocycles. The molecule has 1 fully saturated rings. The molecule has 1 unspecified atom stereocenters. The average molecular weight is 220 g/mol. The zero-order valence-corrected chi connectivity index (χ0v) is 9.07. The zero-order chi connectivity index (χ0) is 10.3.